The lowest BCUT2D eigenvalue weighted by atomic mass is 10.1. The number of hydrogen-bond acceptors (Lipinski definition) is 5. The van der Waals surface area contributed by atoms with Gasteiger partial charge in [0.2, 0.25) is 11.8 Å². The van der Waals surface area contributed by atoms with Crippen LogP contribution < -0.4 is 0 Å². The Morgan fingerprint density at radius 2 is 1.95 bits per heavy atom. The zero-order valence-electron chi connectivity index (χ0n) is 11.0. The van der Waals surface area contributed by atoms with Gasteiger partial charge in [-0.1, -0.05) is 0 Å². The summed E-state index contributed by atoms with van der Waals surface area (Å²) in [7, 11) is 0. The van der Waals surface area contributed by atoms with Crippen molar-refractivity contribution in [3.05, 3.63) is 30.2 Å². The van der Waals surface area contributed by atoms with Gasteiger partial charge in [0.05, 0.1) is 5.69 Å². The summed E-state index contributed by atoms with van der Waals surface area (Å²) < 4.78 is 0. The summed E-state index contributed by atoms with van der Waals surface area (Å²) in [6.07, 6.45) is 5.42. The second-order valence-corrected chi connectivity index (χ2v) is 4.75. The standard InChI is InChI=1S/C14H14N4O2/c19-12-4-1-5-13(20)18(12)8-6-10-9-16-11-3-2-7-15-14(11)17-10/h2-3,7,9H,1,4-6,8H2. The normalized spacial score (nSPS) is 15.9. The van der Waals surface area contributed by atoms with Gasteiger partial charge < -0.3 is 0 Å². The molecule has 102 valence electrons. The Bertz CT molecular complexity index is 655. The van der Waals surface area contributed by atoms with Crippen molar-refractivity contribution in [1.82, 2.24) is 19.9 Å². The maximum absolute atomic E-state index is 11.7. The van der Waals surface area contributed by atoms with Gasteiger partial charge in [0.15, 0.2) is 5.65 Å². The van der Waals surface area contributed by atoms with Crippen LogP contribution in [0, 0.1) is 0 Å². The molecule has 6 nitrogen and oxygen atoms in total. The van der Waals surface area contributed by atoms with Crippen LogP contribution in [0.5, 0.6) is 0 Å². The van der Waals surface area contributed by atoms with Crippen LogP contribution in [0.15, 0.2) is 24.5 Å². The van der Waals surface area contributed by atoms with Gasteiger partial charge in [-0.15, -0.1) is 0 Å². The Hall–Kier alpha value is -2.37. The molecule has 0 spiro atoms. The third kappa shape index (κ3) is 2.49. The zero-order valence-corrected chi connectivity index (χ0v) is 11.0. The van der Waals surface area contributed by atoms with E-state index in [2.05, 4.69) is 15.0 Å². The maximum Gasteiger partial charge on any atom is 0.229 e. The van der Waals surface area contributed by atoms with Gasteiger partial charge in [-0.2, -0.15) is 0 Å². The third-order valence-corrected chi connectivity index (χ3v) is 3.34. The predicted molar refractivity (Wildman–Crippen MR) is 71.6 cm³/mol. The summed E-state index contributed by atoms with van der Waals surface area (Å²) in [5.74, 6) is -0.179. The average Bonchev–Trinajstić information content (AvgIpc) is 2.46. The fraction of sp³-hybridized carbons (Fsp3) is 0.357. The van der Waals surface area contributed by atoms with Crippen LogP contribution in [0.4, 0.5) is 0 Å². The number of imide groups is 1. The van der Waals surface area contributed by atoms with Crippen LogP contribution in [0.25, 0.3) is 11.2 Å². The molecular weight excluding hydrogens is 256 g/mol. The predicted octanol–water partition coefficient (Wildman–Crippen LogP) is 1.11. The molecule has 1 aliphatic rings. The van der Waals surface area contributed by atoms with Crippen molar-refractivity contribution < 1.29 is 9.59 Å². The molecule has 2 amide bonds. The lowest BCUT2D eigenvalue weighted by Gasteiger charge is -2.24. The first kappa shape index (κ1) is 12.7. The largest absolute Gasteiger partial charge is 0.282 e. The number of piperidine rings is 1. The van der Waals surface area contributed by atoms with Crippen molar-refractivity contribution in [2.24, 2.45) is 0 Å². The lowest BCUT2D eigenvalue weighted by molar-refractivity contribution is -0.147. The fourth-order valence-electron chi connectivity index (χ4n) is 2.28. The molecule has 0 unspecified atom stereocenters. The molecule has 0 radical (unpaired) electrons. The summed E-state index contributed by atoms with van der Waals surface area (Å²) in [6, 6.07) is 3.65. The van der Waals surface area contributed by atoms with Crippen molar-refractivity contribution >= 4 is 23.0 Å². The molecule has 2 aromatic heterocycles. The Kier molecular flexibility index (Phi) is 3.37. The number of carbonyl (C=O) groups excluding carboxylic acids is 2. The van der Waals surface area contributed by atoms with E-state index < -0.39 is 0 Å². The molecule has 6 heteroatoms. The minimum atomic E-state index is -0.0897. The van der Waals surface area contributed by atoms with Crippen LogP contribution >= 0.6 is 0 Å². The first-order chi connectivity index (χ1) is 9.74. The van der Waals surface area contributed by atoms with Gasteiger partial charge in [-0.3, -0.25) is 19.5 Å². The summed E-state index contributed by atoms with van der Waals surface area (Å²) in [5, 5.41) is 0. The first-order valence-corrected chi connectivity index (χ1v) is 6.64. The van der Waals surface area contributed by atoms with Crippen molar-refractivity contribution in [3.63, 3.8) is 0 Å². The summed E-state index contributed by atoms with van der Waals surface area (Å²) in [4.78, 5) is 37.5. The highest BCUT2D eigenvalue weighted by molar-refractivity contribution is 5.97. The van der Waals surface area contributed by atoms with Gasteiger partial charge in [0.1, 0.15) is 5.52 Å². The van der Waals surface area contributed by atoms with E-state index in [-0.39, 0.29) is 11.8 Å². The molecule has 3 heterocycles. The molecule has 0 N–H and O–H groups in total. The number of pyridine rings is 1. The van der Waals surface area contributed by atoms with Crippen LogP contribution in [-0.2, 0) is 16.0 Å². The highest BCUT2D eigenvalue weighted by Gasteiger charge is 2.25. The zero-order chi connectivity index (χ0) is 13.9. The van der Waals surface area contributed by atoms with E-state index in [9.17, 15) is 9.59 Å². The number of rotatable bonds is 3. The molecule has 1 aliphatic heterocycles. The minimum absolute atomic E-state index is 0.0897. The minimum Gasteiger partial charge on any atom is -0.282 e. The van der Waals surface area contributed by atoms with E-state index in [0.29, 0.717) is 37.9 Å². The van der Waals surface area contributed by atoms with Crippen molar-refractivity contribution in [2.45, 2.75) is 25.7 Å². The second-order valence-electron chi connectivity index (χ2n) is 4.75. The molecule has 0 aromatic carbocycles. The Balaban J connectivity index is 1.73. The maximum atomic E-state index is 11.7. The van der Waals surface area contributed by atoms with E-state index in [1.165, 1.54) is 4.90 Å². The molecule has 0 saturated carbocycles. The number of likely N-dealkylation sites (tertiary alicyclic amines) is 1. The second kappa shape index (κ2) is 5.32. The van der Waals surface area contributed by atoms with Crippen LogP contribution in [0.3, 0.4) is 0 Å². The molecule has 1 fully saturated rings. The molecule has 0 atom stereocenters. The highest BCUT2D eigenvalue weighted by atomic mass is 16.2. The number of carbonyl (C=O) groups is 2. The fourth-order valence-corrected chi connectivity index (χ4v) is 2.28. The quantitative estimate of drug-likeness (QED) is 0.781. The molecule has 2 aromatic rings. The molecule has 3 rings (SSSR count). The topological polar surface area (TPSA) is 76.1 Å². The van der Waals surface area contributed by atoms with Crippen LogP contribution in [-0.4, -0.2) is 38.2 Å². The van der Waals surface area contributed by atoms with Crippen molar-refractivity contribution in [3.8, 4) is 0 Å². The van der Waals surface area contributed by atoms with Gasteiger partial charge >= 0.3 is 0 Å². The van der Waals surface area contributed by atoms with Crippen LogP contribution in [0.1, 0.15) is 25.0 Å². The first-order valence-electron chi connectivity index (χ1n) is 6.64. The Labute approximate surface area is 115 Å². The van der Waals surface area contributed by atoms with E-state index in [1.807, 2.05) is 12.1 Å². The van der Waals surface area contributed by atoms with Crippen molar-refractivity contribution in [1.29, 1.82) is 0 Å². The van der Waals surface area contributed by atoms with Gasteiger partial charge in [0.25, 0.3) is 0 Å². The Morgan fingerprint density at radius 1 is 1.15 bits per heavy atom. The molecule has 0 bridgehead atoms. The SMILES string of the molecule is O=C1CCCC(=O)N1CCc1cnc2cccnc2n1. The number of fused-ring (bicyclic) bond motifs is 1. The number of aromatic nitrogens is 3. The highest BCUT2D eigenvalue weighted by Crippen LogP contribution is 2.13. The lowest BCUT2D eigenvalue weighted by Crippen LogP contribution is -2.41. The van der Waals surface area contributed by atoms with E-state index in [4.69, 9.17) is 0 Å². The van der Waals surface area contributed by atoms with E-state index in [0.717, 1.165) is 11.2 Å². The van der Waals surface area contributed by atoms with Gasteiger partial charge in [-0.25, -0.2) is 9.97 Å². The van der Waals surface area contributed by atoms with Gasteiger partial charge in [-0.05, 0) is 18.6 Å². The average molecular weight is 270 g/mol. The smallest absolute Gasteiger partial charge is 0.229 e. The third-order valence-electron chi connectivity index (χ3n) is 3.34. The van der Waals surface area contributed by atoms with E-state index >= 15 is 0 Å². The summed E-state index contributed by atoms with van der Waals surface area (Å²) in [6.45, 7) is 0.366. The molecule has 1 saturated heterocycles. The Morgan fingerprint density at radius 3 is 2.75 bits per heavy atom. The monoisotopic (exact) mass is 270 g/mol. The number of hydrogen-bond donors (Lipinski definition) is 0. The van der Waals surface area contributed by atoms with Crippen LogP contribution in [0.2, 0.25) is 0 Å². The molecule has 0 aliphatic carbocycles. The number of amides is 2. The molecular formula is C14H14N4O2. The molecule has 20 heavy (non-hydrogen) atoms. The summed E-state index contributed by atoms with van der Waals surface area (Å²) in [5.41, 5.74) is 2.06. The number of nitrogens with zero attached hydrogens (tertiary/aromatic N) is 4. The van der Waals surface area contributed by atoms with Crippen molar-refractivity contribution in [2.75, 3.05) is 6.54 Å². The van der Waals surface area contributed by atoms with Gasteiger partial charge in [0, 0.05) is 38.2 Å². The van der Waals surface area contributed by atoms with E-state index in [1.54, 1.807) is 12.4 Å². The summed E-state index contributed by atoms with van der Waals surface area (Å²) >= 11 is 0.